The average Bonchev–Trinajstić information content (AvgIpc) is 2.79. The van der Waals surface area contributed by atoms with E-state index in [0.29, 0.717) is 34.3 Å². The topological polar surface area (TPSA) is 77.8 Å². The number of hydrogen-bond acceptors (Lipinski definition) is 5. The highest BCUT2D eigenvalue weighted by atomic mass is 19.1. The van der Waals surface area contributed by atoms with Gasteiger partial charge in [0.1, 0.15) is 29.2 Å². The van der Waals surface area contributed by atoms with Gasteiger partial charge in [0.2, 0.25) is 11.2 Å². The molecule has 0 saturated heterocycles. The fraction of sp³-hybridized carbons (Fsp3) is 0.360. The first kappa shape index (κ1) is 21.9. The third kappa shape index (κ3) is 4.93. The Labute approximate surface area is 185 Å². The second-order valence-electron chi connectivity index (χ2n) is 8.37. The Balaban J connectivity index is 1.40. The molecule has 3 atom stereocenters. The zero-order valence-electron chi connectivity index (χ0n) is 18.1. The summed E-state index contributed by atoms with van der Waals surface area (Å²) in [6.45, 7) is 4.28. The lowest BCUT2D eigenvalue weighted by Gasteiger charge is -2.34. The largest absolute Gasteiger partial charge is 0.484 e. The van der Waals surface area contributed by atoms with Crippen LogP contribution in [0.15, 0.2) is 57.9 Å². The maximum absolute atomic E-state index is 13.0. The molecule has 0 aliphatic heterocycles. The summed E-state index contributed by atoms with van der Waals surface area (Å²) >= 11 is 0. The summed E-state index contributed by atoms with van der Waals surface area (Å²) in [5.41, 5.74) is -0.0469. The number of benzene rings is 2. The van der Waals surface area contributed by atoms with Gasteiger partial charge in [-0.25, -0.2) is 4.39 Å². The van der Waals surface area contributed by atoms with Crippen molar-refractivity contribution in [3.8, 4) is 17.2 Å². The highest BCUT2D eigenvalue weighted by Gasteiger charge is 2.28. The smallest absolute Gasteiger partial charge is 0.258 e. The van der Waals surface area contributed by atoms with Crippen LogP contribution in [-0.4, -0.2) is 18.6 Å². The number of carbonyl (C=O) groups excluding carboxylic acids is 1. The summed E-state index contributed by atoms with van der Waals surface area (Å²) in [5.74, 6) is 1.21. The molecule has 6 nitrogen and oxygen atoms in total. The van der Waals surface area contributed by atoms with Crippen molar-refractivity contribution in [2.45, 2.75) is 39.2 Å². The monoisotopic (exact) mass is 439 g/mol. The average molecular weight is 439 g/mol. The van der Waals surface area contributed by atoms with Gasteiger partial charge in [-0.2, -0.15) is 0 Å². The minimum atomic E-state index is -0.396. The molecule has 1 N–H and O–H groups in total. The number of fused-ring (bicyclic) bond motifs is 1. The minimum Gasteiger partial charge on any atom is -0.484 e. The number of carbonyl (C=O) groups is 1. The molecule has 168 valence electrons. The van der Waals surface area contributed by atoms with Gasteiger partial charge in [-0.15, -0.1) is 0 Å². The van der Waals surface area contributed by atoms with Crippen LogP contribution in [0.2, 0.25) is 0 Å². The van der Waals surface area contributed by atoms with Crippen molar-refractivity contribution < 1.29 is 23.1 Å². The molecule has 2 aromatic carbocycles. The molecule has 0 spiro atoms. The Morgan fingerprint density at radius 3 is 2.66 bits per heavy atom. The lowest BCUT2D eigenvalue weighted by molar-refractivity contribution is -0.124. The van der Waals surface area contributed by atoms with Crippen molar-refractivity contribution in [1.29, 1.82) is 0 Å². The second-order valence-corrected chi connectivity index (χ2v) is 8.37. The van der Waals surface area contributed by atoms with Crippen molar-refractivity contribution in [1.82, 2.24) is 5.32 Å². The third-order valence-corrected chi connectivity index (χ3v) is 6.18. The molecule has 1 fully saturated rings. The molecule has 1 aliphatic carbocycles. The van der Waals surface area contributed by atoms with E-state index in [1.54, 1.807) is 18.2 Å². The van der Waals surface area contributed by atoms with Crippen LogP contribution in [0.4, 0.5) is 4.39 Å². The van der Waals surface area contributed by atoms with Gasteiger partial charge in [0.25, 0.3) is 5.91 Å². The quantitative estimate of drug-likeness (QED) is 0.582. The molecule has 7 heteroatoms. The SMILES string of the molecule is C[C@@H]1[C@H](C)CCC[C@@H]1NC(=O)COc1ccc2c(=O)c(Oc3ccc(F)cc3)coc2c1. The normalized spacial score (nSPS) is 20.7. The standard InChI is InChI=1S/C25H26FNO5/c1-15-4-3-5-21(16(15)2)27-24(28)14-30-19-10-11-20-22(12-19)31-13-23(25(20)29)32-18-8-6-17(26)7-9-18/h6-13,15-16,21H,3-5,14H2,1-2H3,(H,27,28)/t15-,16-,21+/m1/s1. The first-order valence-corrected chi connectivity index (χ1v) is 10.8. The summed E-state index contributed by atoms with van der Waals surface area (Å²) in [4.78, 5) is 25.0. The second kappa shape index (κ2) is 9.42. The number of nitrogens with one attached hydrogen (secondary N) is 1. The number of ether oxygens (including phenoxy) is 2. The van der Waals surface area contributed by atoms with Crippen LogP contribution >= 0.6 is 0 Å². The van der Waals surface area contributed by atoms with Crippen LogP contribution in [-0.2, 0) is 4.79 Å². The zero-order valence-corrected chi connectivity index (χ0v) is 18.1. The van der Waals surface area contributed by atoms with Crippen LogP contribution in [0.3, 0.4) is 0 Å². The lowest BCUT2D eigenvalue weighted by Crippen LogP contribution is -2.45. The molecule has 32 heavy (non-hydrogen) atoms. The summed E-state index contributed by atoms with van der Waals surface area (Å²) in [6, 6.07) is 10.3. The van der Waals surface area contributed by atoms with Gasteiger partial charge in [0, 0.05) is 12.1 Å². The first-order valence-electron chi connectivity index (χ1n) is 10.8. The Kier molecular flexibility index (Phi) is 6.44. The van der Waals surface area contributed by atoms with Crippen LogP contribution < -0.4 is 20.2 Å². The summed E-state index contributed by atoms with van der Waals surface area (Å²) in [5, 5.41) is 3.38. The molecular formula is C25H26FNO5. The number of halogens is 1. The van der Waals surface area contributed by atoms with Gasteiger partial charge in [-0.05, 0) is 54.7 Å². The van der Waals surface area contributed by atoms with Crippen LogP contribution in [0, 0.1) is 17.7 Å². The molecule has 0 unspecified atom stereocenters. The fourth-order valence-electron chi connectivity index (χ4n) is 4.06. The highest BCUT2D eigenvalue weighted by Crippen LogP contribution is 2.29. The summed E-state index contributed by atoms with van der Waals surface area (Å²) in [6.07, 6.45) is 4.51. The van der Waals surface area contributed by atoms with E-state index in [-0.39, 0.29) is 29.7 Å². The molecule has 0 radical (unpaired) electrons. The van der Waals surface area contributed by atoms with Gasteiger partial charge < -0.3 is 19.2 Å². The van der Waals surface area contributed by atoms with Crippen molar-refractivity contribution in [3.05, 3.63) is 64.8 Å². The van der Waals surface area contributed by atoms with Crippen LogP contribution in [0.25, 0.3) is 11.0 Å². The van der Waals surface area contributed by atoms with Crippen molar-refractivity contribution >= 4 is 16.9 Å². The molecule has 4 rings (SSSR count). The van der Waals surface area contributed by atoms with Crippen LogP contribution in [0.1, 0.15) is 33.1 Å². The van der Waals surface area contributed by atoms with E-state index >= 15 is 0 Å². The Morgan fingerprint density at radius 2 is 1.88 bits per heavy atom. The molecule has 1 amide bonds. The van der Waals surface area contributed by atoms with Gasteiger partial charge in [-0.3, -0.25) is 9.59 Å². The summed E-state index contributed by atoms with van der Waals surface area (Å²) < 4.78 is 29.7. The third-order valence-electron chi connectivity index (χ3n) is 6.18. The molecular weight excluding hydrogens is 413 g/mol. The maximum Gasteiger partial charge on any atom is 0.258 e. The van der Waals surface area contributed by atoms with Gasteiger partial charge >= 0.3 is 0 Å². The van der Waals surface area contributed by atoms with E-state index in [9.17, 15) is 14.0 Å². The van der Waals surface area contributed by atoms with E-state index in [0.717, 1.165) is 12.8 Å². The lowest BCUT2D eigenvalue weighted by atomic mass is 9.78. The number of amides is 1. The highest BCUT2D eigenvalue weighted by molar-refractivity contribution is 5.80. The molecule has 0 bridgehead atoms. The van der Waals surface area contributed by atoms with Gasteiger partial charge in [0.15, 0.2) is 6.61 Å². The minimum absolute atomic E-state index is 0.00650. The first-order chi connectivity index (χ1) is 15.4. The van der Waals surface area contributed by atoms with Gasteiger partial charge in [0.05, 0.1) is 5.39 Å². The van der Waals surface area contributed by atoms with E-state index in [2.05, 4.69) is 19.2 Å². The predicted molar refractivity (Wildman–Crippen MR) is 119 cm³/mol. The zero-order chi connectivity index (χ0) is 22.7. The van der Waals surface area contributed by atoms with Gasteiger partial charge in [-0.1, -0.05) is 26.7 Å². The van der Waals surface area contributed by atoms with E-state index in [4.69, 9.17) is 13.9 Å². The molecule has 3 aromatic rings. The van der Waals surface area contributed by atoms with Crippen molar-refractivity contribution in [2.75, 3.05) is 6.61 Å². The Morgan fingerprint density at radius 1 is 1.12 bits per heavy atom. The van der Waals surface area contributed by atoms with E-state index < -0.39 is 5.82 Å². The van der Waals surface area contributed by atoms with Crippen molar-refractivity contribution in [2.24, 2.45) is 11.8 Å². The predicted octanol–water partition coefficient (Wildman–Crippen LogP) is 5.04. The summed E-state index contributed by atoms with van der Waals surface area (Å²) in [7, 11) is 0. The van der Waals surface area contributed by atoms with Crippen molar-refractivity contribution in [3.63, 3.8) is 0 Å². The van der Waals surface area contributed by atoms with E-state index in [1.165, 1.54) is 36.9 Å². The van der Waals surface area contributed by atoms with E-state index in [1.807, 2.05) is 0 Å². The number of hydrogen-bond donors (Lipinski definition) is 1. The Bertz CT molecular complexity index is 1160. The Hall–Kier alpha value is -3.35. The molecule has 1 aromatic heterocycles. The molecule has 1 saturated carbocycles. The maximum atomic E-state index is 13.0. The fourth-order valence-corrected chi connectivity index (χ4v) is 4.06. The number of rotatable bonds is 6. The molecule has 1 heterocycles. The molecule has 1 aliphatic rings. The van der Waals surface area contributed by atoms with Crippen LogP contribution in [0.5, 0.6) is 17.2 Å².